The number of nitrogens with zero attached hydrogens (tertiary/aromatic N) is 1. The van der Waals surface area contributed by atoms with Crippen molar-refractivity contribution in [3.63, 3.8) is 0 Å². The van der Waals surface area contributed by atoms with Crippen molar-refractivity contribution in [2.75, 3.05) is 13.1 Å². The lowest BCUT2D eigenvalue weighted by molar-refractivity contribution is -0.143. The minimum atomic E-state index is -0.848. The molecule has 132 valence electrons. The fraction of sp³-hybridized carbons (Fsp3) is 0.316. The standard InChI is InChI=1S/C19H18ClF2NO2/c20-14-5-3-12(4-6-14)18(16-8-7-15(21)10-17(16)22)23-9-1-2-13(11-23)19(24)25/h3-8,10,13,18H,1-2,9,11H2,(H,24,25). The van der Waals surface area contributed by atoms with Gasteiger partial charge < -0.3 is 5.11 Å². The van der Waals surface area contributed by atoms with Crippen molar-refractivity contribution >= 4 is 17.6 Å². The number of rotatable bonds is 4. The first-order chi connectivity index (χ1) is 12.0. The van der Waals surface area contributed by atoms with Crippen LogP contribution in [0.25, 0.3) is 0 Å². The lowest BCUT2D eigenvalue weighted by atomic mass is 9.91. The summed E-state index contributed by atoms with van der Waals surface area (Å²) in [6.45, 7) is 0.966. The van der Waals surface area contributed by atoms with Gasteiger partial charge in [-0.25, -0.2) is 8.78 Å². The average molecular weight is 366 g/mol. The summed E-state index contributed by atoms with van der Waals surface area (Å²) in [4.78, 5) is 13.3. The van der Waals surface area contributed by atoms with Crippen molar-refractivity contribution in [3.05, 3.63) is 70.2 Å². The predicted octanol–water partition coefficient (Wildman–Crippen LogP) is 4.50. The second-order valence-corrected chi connectivity index (χ2v) is 6.73. The van der Waals surface area contributed by atoms with Gasteiger partial charge in [0.05, 0.1) is 12.0 Å². The summed E-state index contributed by atoms with van der Waals surface area (Å²) in [6.07, 6.45) is 1.31. The summed E-state index contributed by atoms with van der Waals surface area (Å²) in [7, 11) is 0. The van der Waals surface area contributed by atoms with Gasteiger partial charge in [0.15, 0.2) is 0 Å². The third-order valence-electron chi connectivity index (χ3n) is 4.61. The third-order valence-corrected chi connectivity index (χ3v) is 4.86. The Morgan fingerprint density at radius 1 is 1.20 bits per heavy atom. The molecule has 25 heavy (non-hydrogen) atoms. The van der Waals surface area contributed by atoms with Gasteiger partial charge in [-0.15, -0.1) is 0 Å². The number of benzene rings is 2. The molecule has 1 fully saturated rings. The van der Waals surface area contributed by atoms with E-state index < -0.39 is 29.6 Å². The largest absolute Gasteiger partial charge is 0.481 e. The van der Waals surface area contributed by atoms with Crippen LogP contribution in [0.4, 0.5) is 8.78 Å². The van der Waals surface area contributed by atoms with Crippen molar-refractivity contribution in [1.29, 1.82) is 0 Å². The number of carbonyl (C=O) groups is 1. The van der Waals surface area contributed by atoms with Crippen molar-refractivity contribution in [2.24, 2.45) is 5.92 Å². The van der Waals surface area contributed by atoms with Gasteiger partial charge in [-0.1, -0.05) is 29.8 Å². The summed E-state index contributed by atoms with van der Waals surface area (Å²) in [5.41, 5.74) is 1.12. The first kappa shape index (κ1) is 17.8. The van der Waals surface area contributed by atoms with Crippen LogP contribution in [0.3, 0.4) is 0 Å². The summed E-state index contributed by atoms with van der Waals surface area (Å²) in [5.74, 6) is -2.62. The molecule has 0 spiro atoms. The van der Waals surface area contributed by atoms with Crippen molar-refractivity contribution in [1.82, 2.24) is 4.90 Å². The molecule has 6 heteroatoms. The molecule has 0 bridgehead atoms. The highest BCUT2D eigenvalue weighted by molar-refractivity contribution is 6.30. The van der Waals surface area contributed by atoms with Gasteiger partial charge in [0, 0.05) is 23.2 Å². The van der Waals surface area contributed by atoms with E-state index in [0.717, 1.165) is 11.6 Å². The SMILES string of the molecule is O=C(O)C1CCCN(C(c2ccc(Cl)cc2)c2ccc(F)cc2F)C1. The van der Waals surface area contributed by atoms with Crippen LogP contribution >= 0.6 is 11.6 Å². The summed E-state index contributed by atoms with van der Waals surface area (Å²) in [5, 5.41) is 9.90. The van der Waals surface area contributed by atoms with Gasteiger partial charge in [-0.3, -0.25) is 9.69 Å². The van der Waals surface area contributed by atoms with E-state index in [-0.39, 0.29) is 0 Å². The second kappa shape index (κ2) is 7.50. The van der Waals surface area contributed by atoms with Gasteiger partial charge in [-0.2, -0.15) is 0 Å². The molecule has 0 radical (unpaired) electrons. The summed E-state index contributed by atoms with van der Waals surface area (Å²) < 4.78 is 27.8. The molecular formula is C19H18ClF2NO2. The minimum Gasteiger partial charge on any atom is -0.481 e. The number of piperidine rings is 1. The van der Waals surface area contributed by atoms with Gasteiger partial charge in [0.25, 0.3) is 0 Å². The van der Waals surface area contributed by atoms with Gasteiger partial charge in [0.2, 0.25) is 0 Å². The maximum atomic E-state index is 14.5. The molecule has 3 nitrogen and oxygen atoms in total. The molecule has 0 aliphatic carbocycles. The Morgan fingerprint density at radius 2 is 1.92 bits per heavy atom. The number of aliphatic carboxylic acids is 1. The maximum Gasteiger partial charge on any atom is 0.307 e. The van der Waals surface area contributed by atoms with Crippen LogP contribution in [0, 0.1) is 17.6 Å². The van der Waals surface area contributed by atoms with Crippen LogP contribution in [0.15, 0.2) is 42.5 Å². The minimum absolute atomic E-state index is 0.319. The highest BCUT2D eigenvalue weighted by Crippen LogP contribution is 2.34. The van der Waals surface area contributed by atoms with Gasteiger partial charge >= 0.3 is 5.97 Å². The normalized spacial score (nSPS) is 19.6. The van der Waals surface area contributed by atoms with E-state index in [9.17, 15) is 18.7 Å². The fourth-order valence-corrected chi connectivity index (χ4v) is 3.52. The molecule has 2 unspecified atom stereocenters. The Morgan fingerprint density at radius 3 is 2.56 bits per heavy atom. The molecular weight excluding hydrogens is 348 g/mol. The monoisotopic (exact) mass is 365 g/mol. The Bertz CT molecular complexity index is 767. The molecule has 0 saturated carbocycles. The number of likely N-dealkylation sites (tertiary alicyclic amines) is 1. The molecule has 0 amide bonds. The molecule has 3 rings (SSSR count). The molecule has 1 aliphatic rings. The molecule has 2 aromatic rings. The third kappa shape index (κ3) is 3.99. The van der Waals surface area contributed by atoms with Crippen LogP contribution in [0.1, 0.15) is 30.0 Å². The quantitative estimate of drug-likeness (QED) is 0.867. The summed E-state index contributed by atoms with van der Waals surface area (Å²) >= 11 is 5.95. The van der Waals surface area contributed by atoms with Crippen LogP contribution in [-0.2, 0) is 4.79 Å². The molecule has 1 aliphatic heterocycles. The number of carboxylic acids is 1. The number of carboxylic acid groups (broad SMARTS) is 1. The second-order valence-electron chi connectivity index (χ2n) is 6.29. The zero-order chi connectivity index (χ0) is 18.0. The highest BCUT2D eigenvalue weighted by atomic mass is 35.5. The van der Waals surface area contributed by atoms with Gasteiger partial charge in [0.1, 0.15) is 11.6 Å². The first-order valence-corrected chi connectivity index (χ1v) is 8.51. The Labute approximate surface area is 149 Å². The first-order valence-electron chi connectivity index (χ1n) is 8.13. The Balaban J connectivity index is 2.02. The zero-order valence-electron chi connectivity index (χ0n) is 13.5. The van der Waals surface area contributed by atoms with Crippen molar-refractivity contribution in [2.45, 2.75) is 18.9 Å². The van der Waals surface area contributed by atoms with Crippen molar-refractivity contribution in [3.8, 4) is 0 Å². The average Bonchev–Trinajstić information content (AvgIpc) is 2.59. The van der Waals surface area contributed by atoms with E-state index >= 15 is 0 Å². The summed E-state index contributed by atoms with van der Waals surface area (Å²) in [6, 6.07) is 10.0. The van der Waals surface area contributed by atoms with E-state index in [1.165, 1.54) is 12.1 Å². The van der Waals surface area contributed by atoms with E-state index in [1.54, 1.807) is 24.3 Å². The zero-order valence-corrected chi connectivity index (χ0v) is 14.2. The van der Waals surface area contributed by atoms with Crippen LogP contribution in [-0.4, -0.2) is 29.1 Å². The smallest absolute Gasteiger partial charge is 0.307 e. The molecule has 2 aromatic carbocycles. The molecule has 0 aromatic heterocycles. The molecule has 1 N–H and O–H groups in total. The molecule has 2 atom stereocenters. The fourth-order valence-electron chi connectivity index (χ4n) is 3.40. The predicted molar refractivity (Wildman–Crippen MR) is 91.6 cm³/mol. The molecule has 1 saturated heterocycles. The number of hydrogen-bond donors (Lipinski definition) is 1. The van der Waals surface area contributed by atoms with Crippen LogP contribution in [0.2, 0.25) is 5.02 Å². The molecule has 1 heterocycles. The Kier molecular flexibility index (Phi) is 5.35. The van der Waals surface area contributed by atoms with E-state index in [1.807, 2.05) is 4.90 Å². The Hall–Kier alpha value is -1.98. The van der Waals surface area contributed by atoms with Gasteiger partial charge in [-0.05, 0) is 43.1 Å². The highest BCUT2D eigenvalue weighted by Gasteiger charge is 2.32. The van der Waals surface area contributed by atoms with E-state index in [2.05, 4.69) is 0 Å². The number of halogens is 3. The van der Waals surface area contributed by atoms with Crippen LogP contribution in [0.5, 0.6) is 0 Å². The van der Waals surface area contributed by atoms with E-state index in [0.29, 0.717) is 36.5 Å². The lowest BCUT2D eigenvalue weighted by Gasteiger charge is -2.37. The van der Waals surface area contributed by atoms with E-state index in [4.69, 9.17) is 11.6 Å². The van der Waals surface area contributed by atoms with Crippen molar-refractivity contribution < 1.29 is 18.7 Å². The van der Waals surface area contributed by atoms with Crippen LogP contribution < -0.4 is 0 Å². The lowest BCUT2D eigenvalue weighted by Crippen LogP contribution is -2.41. The number of hydrogen-bond acceptors (Lipinski definition) is 2. The maximum absolute atomic E-state index is 14.5. The topological polar surface area (TPSA) is 40.5 Å².